The van der Waals surface area contributed by atoms with E-state index in [9.17, 15) is 9.59 Å². The van der Waals surface area contributed by atoms with Crippen molar-refractivity contribution >= 4 is 26.9 Å². The molecule has 1 amide bonds. The Balaban J connectivity index is 1.52. The predicted octanol–water partition coefficient (Wildman–Crippen LogP) is 6.39. The second-order valence-corrected chi connectivity index (χ2v) is 13.0. The Morgan fingerprint density at radius 3 is 2.07 bits per heavy atom. The number of methoxy groups -OCH3 is 1. The van der Waals surface area contributed by atoms with E-state index in [1.807, 2.05) is 45.0 Å². The topological polar surface area (TPSA) is 102 Å². The van der Waals surface area contributed by atoms with Gasteiger partial charge < -0.3 is 32.8 Å². The molecule has 1 aliphatic rings. The zero-order valence-electron chi connectivity index (χ0n) is 25.5. The highest BCUT2D eigenvalue weighted by atomic mass is 28.4. The summed E-state index contributed by atoms with van der Waals surface area (Å²) in [5, 5.41) is 2.83. The standard InChI is InChI=1S/C31H51NO8Si/c1-5-38-41(39-6-2,40-7-3)25-9-22-32-31(34)37-23-8-10-26-11-13-28(14-12-26)21-24-36-29-18-15-27(16-19-29)17-20-30(33)35-4/h15-20,26,28H,5-14,21-25H2,1-4H3,(H,32,34)/b20-17+/t26-,28-. The fourth-order valence-corrected chi connectivity index (χ4v) is 7.76. The molecule has 0 aliphatic heterocycles. The van der Waals surface area contributed by atoms with Crippen molar-refractivity contribution < 1.29 is 37.1 Å². The molecular weight excluding hydrogens is 542 g/mol. The molecule has 0 atom stereocenters. The molecule has 232 valence electrons. The van der Waals surface area contributed by atoms with Crippen molar-refractivity contribution in [1.29, 1.82) is 0 Å². The summed E-state index contributed by atoms with van der Waals surface area (Å²) < 4.78 is 33.5. The molecule has 1 saturated carbocycles. The van der Waals surface area contributed by atoms with E-state index >= 15 is 0 Å². The number of ether oxygens (including phenoxy) is 3. The molecule has 0 unspecified atom stereocenters. The molecular formula is C31H51NO8Si. The van der Waals surface area contributed by atoms with Gasteiger partial charge in [0.15, 0.2) is 0 Å². The van der Waals surface area contributed by atoms with Crippen LogP contribution in [-0.2, 0) is 27.5 Å². The summed E-state index contributed by atoms with van der Waals surface area (Å²) in [6.07, 6.45) is 11.4. The maximum Gasteiger partial charge on any atom is 0.500 e. The molecule has 41 heavy (non-hydrogen) atoms. The Morgan fingerprint density at radius 1 is 0.878 bits per heavy atom. The van der Waals surface area contributed by atoms with Crippen molar-refractivity contribution in [3.8, 4) is 5.75 Å². The van der Waals surface area contributed by atoms with Gasteiger partial charge in [-0.25, -0.2) is 9.59 Å². The number of rotatable bonds is 20. The Morgan fingerprint density at radius 2 is 1.49 bits per heavy atom. The number of carbonyl (C=O) groups excluding carboxylic acids is 2. The first-order chi connectivity index (χ1) is 19.9. The fraction of sp³-hybridized carbons (Fsp3) is 0.677. The van der Waals surface area contributed by atoms with E-state index in [1.165, 1.54) is 38.9 Å². The molecule has 0 bridgehead atoms. The van der Waals surface area contributed by atoms with E-state index in [2.05, 4.69) is 10.1 Å². The molecule has 9 nitrogen and oxygen atoms in total. The molecule has 0 radical (unpaired) electrons. The number of amides is 1. The first kappa shape index (κ1) is 34.8. The van der Waals surface area contributed by atoms with Crippen LogP contribution in [0.5, 0.6) is 5.75 Å². The van der Waals surface area contributed by atoms with Crippen molar-refractivity contribution in [2.24, 2.45) is 11.8 Å². The normalized spacial score (nSPS) is 17.4. The Bertz CT molecular complexity index is 870. The van der Waals surface area contributed by atoms with Gasteiger partial charge in [-0.2, -0.15) is 0 Å². The van der Waals surface area contributed by atoms with Crippen molar-refractivity contribution in [2.75, 3.05) is 46.7 Å². The van der Waals surface area contributed by atoms with Gasteiger partial charge in [-0.1, -0.05) is 37.8 Å². The fourth-order valence-electron chi connectivity index (χ4n) is 5.14. The average molecular weight is 594 g/mol. The maximum atomic E-state index is 12.1. The summed E-state index contributed by atoms with van der Waals surface area (Å²) in [4.78, 5) is 23.3. The molecule has 1 aliphatic carbocycles. The summed E-state index contributed by atoms with van der Waals surface area (Å²) in [6.45, 7) is 9.14. The largest absolute Gasteiger partial charge is 0.500 e. The first-order valence-electron chi connectivity index (χ1n) is 15.2. The monoisotopic (exact) mass is 593 g/mol. The van der Waals surface area contributed by atoms with Gasteiger partial charge in [0, 0.05) is 38.5 Å². The molecule has 0 aromatic heterocycles. The van der Waals surface area contributed by atoms with Gasteiger partial charge in [0.1, 0.15) is 5.75 Å². The SMILES string of the molecule is CCO[Si](CCCNC(=O)OCCC[C@H]1CC[C@H](CCOc2ccc(/C=C/C(=O)OC)cc2)CC1)(OCC)OCC. The van der Waals surface area contributed by atoms with Gasteiger partial charge >= 0.3 is 20.9 Å². The van der Waals surface area contributed by atoms with Crippen LogP contribution >= 0.6 is 0 Å². The molecule has 10 heteroatoms. The summed E-state index contributed by atoms with van der Waals surface area (Å²) in [5.41, 5.74) is 0.925. The molecule has 0 heterocycles. The highest BCUT2D eigenvalue weighted by Gasteiger charge is 2.39. The van der Waals surface area contributed by atoms with E-state index in [0.717, 1.165) is 37.0 Å². The minimum Gasteiger partial charge on any atom is -0.494 e. The van der Waals surface area contributed by atoms with Crippen LogP contribution in [-0.4, -0.2) is 67.6 Å². The van der Waals surface area contributed by atoms with Crippen LogP contribution < -0.4 is 10.1 Å². The molecule has 0 spiro atoms. The third-order valence-corrected chi connectivity index (χ3v) is 10.4. The zero-order chi connectivity index (χ0) is 29.8. The zero-order valence-corrected chi connectivity index (χ0v) is 26.5. The number of carbonyl (C=O) groups is 2. The second kappa shape index (κ2) is 20.5. The van der Waals surface area contributed by atoms with Crippen molar-refractivity contribution in [1.82, 2.24) is 5.32 Å². The van der Waals surface area contributed by atoms with Gasteiger partial charge in [0.25, 0.3) is 0 Å². The lowest BCUT2D eigenvalue weighted by molar-refractivity contribution is -0.134. The van der Waals surface area contributed by atoms with Crippen LogP contribution in [0.4, 0.5) is 4.79 Å². The quantitative estimate of drug-likeness (QED) is 0.0803. The third-order valence-electron chi connectivity index (χ3n) is 7.27. The minimum atomic E-state index is -2.67. The Hall–Kier alpha value is -2.40. The second-order valence-electron chi connectivity index (χ2n) is 10.2. The van der Waals surface area contributed by atoms with E-state index in [0.29, 0.717) is 57.5 Å². The van der Waals surface area contributed by atoms with Gasteiger partial charge in [-0.05, 0) is 82.1 Å². The molecule has 1 aromatic carbocycles. The van der Waals surface area contributed by atoms with Crippen molar-refractivity contribution in [3.63, 3.8) is 0 Å². The summed E-state index contributed by atoms with van der Waals surface area (Å²) in [5.74, 6) is 1.88. The van der Waals surface area contributed by atoms with E-state index in [1.54, 1.807) is 6.08 Å². The van der Waals surface area contributed by atoms with Gasteiger partial charge in [0.05, 0.1) is 20.3 Å². The highest BCUT2D eigenvalue weighted by Crippen LogP contribution is 2.33. The number of esters is 1. The maximum absolute atomic E-state index is 12.1. The predicted molar refractivity (Wildman–Crippen MR) is 162 cm³/mol. The lowest BCUT2D eigenvalue weighted by Crippen LogP contribution is -2.46. The van der Waals surface area contributed by atoms with Gasteiger partial charge in [-0.3, -0.25) is 0 Å². The van der Waals surface area contributed by atoms with E-state index < -0.39 is 8.80 Å². The summed E-state index contributed by atoms with van der Waals surface area (Å²) >= 11 is 0. The van der Waals surface area contributed by atoms with Crippen molar-refractivity contribution in [2.45, 2.75) is 78.2 Å². The Labute approximate surface area is 247 Å². The highest BCUT2D eigenvalue weighted by molar-refractivity contribution is 6.60. The Kier molecular flexibility index (Phi) is 17.4. The van der Waals surface area contributed by atoms with Crippen LogP contribution in [0.15, 0.2) is 30.3 Å². The van der Waals surface area contributed by atoms with Gasteiger partial charge in [0.2, 0.25) is 0 Å². The molecule has 2 rings (SSSR count). The summed E-state index contributed by atoms with van der Waals surface area (Å²) in [7, 11) is -1.31. The number of hydrogen-bond acceptors (Lipinski definition) is 8. The average Bonchev–Trinajstić information content (AvgIpc) is 2.98. The number of hydrogen-bond donors (Lipinski definition) is 1. The van der Waals surface area contributed by atoms with Crippen LogP contribution in [0.2, 0.25) is 6.04 Å². The van der Waals surface area contributed by atoms with Crippen LogP contribution in [0, 0.1) is 11.8 Å². The smallest absolute Gasteiger partial charge is 0.494 e. The third kappa shape index (κ3) is 14.4. The lowest BCUT2D eigenvalue weighted by Gasteiger charge is -2.28. The number of nitrogens with one attached hydrogen (secondary N) is 1. The van der Waals surface area contributed by atoms with Crippen LogP contribution in [0.25, 0.3) is 6.08 Å². The van der Waals surface area contributed by atoms with Gasteiger partial charge in [-0.15, -0.1) is 0 Å². The summed E-state index contributed by atoms with van der Waals surface area (Å²) in [6, 6.07) is 8.37. The lowest BCUT2D eigenvalue weighted by atomic mass is 9.79. The molecule has 1 N–H and O–H groups in total. The van der Waals surface area contributed by atoms with Crippen LogP contribution in [0.1, 0.15) is 77.7 Å². The van der Waals surface area contributed by atoms with E-state index in [4.69, 9.17) is 22.8 Å². The number of alkyl carbamates (subject to hydrolysis) is 1. The van der Waals surface area contributed by atoms with E-state index in [-0.39, 0.29) is 12.1 Å². The molecule has 0 saturated heterocycles. The van der Waals surface area contributed by atoms with Crippen LogP contribution in [0.3, 0.4) is 0 Å². The minimum absolute atomic E-state index is 0.363. The molecule has 1 aromatic rings. The molecule has 1 fully saturated rings. The first-order valence-corrected chi connectivity index (χ1v) is 17.2. The van der Waals surface area contributed by atoms with Crippen molar-refractivity contribution in [3.05, 3.63) is 35.9 Å². The number of benzene rings is 1.